The molecule has 0 bridgehead atoms. The zero-order valence-electron chi connectivity index (χ0n) is 10.6. The van der Waals surface area contributed by atoms with E-state index in [1.54, 1.807) is 0 Å². The molecule has 0 saturated heterocycles. The summed E-state index contributed by atoms with van der Waals surface area (Å²) in [5.41, 5.74) is 1.15. The maximum atomic E-state index is 10.6. The summed E-state index contributed by atoms with van der Waals surface area (Å²) < 4.78 is 10.4. The minimum Gasteiger partial charge on any atom is -0.494 e. The van der Waals surface area contributed by atoms with Crippen molar-refractivity contribution in [2.24, 2.45) is 0 Å². The fourth-order valence-electron chi connectivity index (χ4n) is 1.40. The van der Waals surface area contributed by atoms with Crippen LogP contribution in [-0.2, 0) is 16.0 Å². The molecule has 0 radical (unpaired) electrons. The van der Waals surface area contributed by atoms with Crippen molar-refractivity contribution in [3.05, 3.63) is 29.8 Å². The highest BCUT2D eigenvalue weighted by atomic mass is 16.5. The summed E-state index contributed by atoms with van der Waals surface area (Å²) in [5.74, 6) is 0.666. The number of benzene rings is 1. The SMILES string of the molecule is CCCCOc1ccc(CCOC(C)=O)cc1. The zero-order chi connectivity index (χ0) is 12.5. The van der Waals surface area contributed by atoms with Crippen LogP contribution in [0.15, 0.2) is 24.3 Å². The predicted molar refractivity (Wildman–Crippen MR) is 67.2 cm³/mol. The van der Waals surface area contributed by atoms with Crippen molar-refractivity contribution in [3.8, 4) is 5.75 Å². The molecule has 1 aromatic carbocycles. The van der Waals surface area contributed by atoms with Gasteiger partial charge in [0, 0.05) is 13.3 Å². The molecule has 0 amide bonds. The zero-order valence-corrected chi connectivity index (χ0v) is 10.6. The summed E-state index contributed by atoms with van der Waals surface area (Å²) in [7, 11) is 0. The molecule has 0 aliphatic rings. The second kappa shape index (κ2) is 7.71. The first-order valence-corrected chi connectivity index (χ1v) is 6.07. The Morgan fingerprint density at radius 2 is 1.88 bits per heavy atom. The lowest BCUT2D eigenvalue weighted by atomic mass is 10.1. The van der Waals surface area contributed by atoms with E-state index in [-0.39, 0.29) is 5.97 Å². The van der Waals surface area contributed by atoms with Crippen molar-refractivity contribution in [1.29, 1.82) is 0 Å². The standard InChI is InChI=1S/C14H20O3/c1-3-4-10-17-14-7-5-13(6-8-14)9-11-16-12(2)15/h5-8H,3-4,9-11H2,1-2H3. The van der Waals surface area contributed by atoms with E-state index in [0.717, 1.165) is 37.2 Å². The predicted octanol–water partition coefficient (Wildman–Crippen LogP) is 2.97. The van der Waals surface area contributed by atoms with Gasteiger partial charge in [0.1, 0.15) is 5.75 Å². The molecular formula is C14H20O3. The van der Waals surface area contributed by atoms with Gasteiger partial charge in [-0.15, -0.1) is 0 Å². The van der Waals surface area contributed by atoms with Gasteiger partial charge in [0.25, 0.3) is 0 Å². The Kier molecular flexibility index (Phi) is 6.15. The molecule has 0 heterocycles. The van der Waals surface area contributed by atoms with Crippen LogP contribution in [0.5, 0.6) is 5.75 Å². The average Bonchev–Trinajstić information content (AvgIpc) is 2.31. The maximum Gasteiger partial charge on any atom is 0.302 e. The lowest BCUT2D eigenvalue weighted by Gasteiger charge is -2.06. The molecule has 0 fully saturated rings. The molecule has 1 rings (SSSR count). The van der Waals surface area contributed by atoms with Crippen LogP contribution in [0.25, 0.3) is 0 Å². The Bertz CT molecular complexity index is 330. The number of hydrogen-bond acceptors (Lipinski definition) is 3. The third-order valence-electron chi connectivity index (χ3n) is 2.39. The van der Waals surface area contributed by atoms with Crippen LogP contribution in [0.1, 0.15) is 32.3 Å². The van der Waals surface area contributed by atoms with Gasteiger partial charge < -0.3 is 9.47 Å². The average molecular weight is 236 g/mol. The van der Waals surface area contributed by atoms with E-state index in [1.165, 1.54) is 6.92 Å². The van der Waals surface area contributed by atoms with Crippen LogP contribution in [-0.4, -0.2) is 19.2 Å². The Morgan fingerprint density at radius 1 is 1.18 bits per heavy atom. The van der Waals surface area contributed by atoms with Crippen molar-refractivity contribution in [1.82, 2.24) is 0 Å². The lowest BCUT2D eigenvalue weighted by Crippen LogP contribution is -2.03. The smallest absolute Gasteiger partial charge is 0.302 e. The second-order valence-electron chi connectivity index (χ2n) is 3.94. The van der Waals surface area contributed by atoms with Crippen LogP contribution in [0.3, 0.4) is 0 Å². The maximum absolute atomic E-state index is 10.6. The Morgan fingerprint density at radius 3 is 2.47 bits per heavy atom. The molecule has 0 aromatic heterocycles. The third-order valence-corrected chi connectivity index (χ3v) is 2.39. The number of carbonyl (C=O) groups excluding carboxylic acids is 1. The molecular weight excluding hydrogens is 216 g/mol. The Labute approximate surface area is 103 Å². The van der Waals surface area contributed by atoms with Crippen molar-refractivity contribution >= 4 is 5.97 Å². The van der Waals surface area contributed by atoms with Gasteiger partial charge in [-0.25, -0.2) is 0 Å². The summed E-state index contributed by atoms with van der Waals surface area (Å²) in [5, 5.41) is 0. The van der Waals surface area contributed by atoms with Crippen molar-refractivity contribution in [2.45, 2.75) is 33.1 Å². The molecule has 0 aliphatic heterocycles. The normalized spacial score (nSPS) is 10.0. The summed E-state index contributed by atoms with van der Waals surface area (Å²) in [6, 6.07) is 7.92. The number of carbonyl (C=O) groups is 1. The number of rotatable bonds is 7. The van der Waals surface area contributed by atoms with E-state index in [0.29, 0.717) is 6.61 Å². The Hall–Kier alpha value is -1.51. The van der Waals surface area contributed by atoms with E-state index < -0.39 is 0 Å². The number of hydrogen-bond donors (Lipinski definition) is 0. The number of unbranched alkanes of at least 4 members (excludes halogenated alkanes) is 1. The van der Waals surface area contributed by atoms with Crippen LogP contribution in [0.4, 0.5) is 0 Å². The summed E-state index contributed by atoms with van der Waals surface area (Å²) in [4.78, 5) is 10.6. The van der Waals surface area contributed by atoms with Crippen LogP contribution < -0.4 is 4.74 Å². The number of ether oxygens (including phenoxy) is 2. The van der Waals surface area contributed by atoms with E-state index in [4.69, 9.17) is 9.47 Å². The molecule has 0 unspecified atom stereocenters. The highest BCUT2D eigenvalue weighted by molar-refractivity contribution is 5.65. The highest BCUT2D eigenvalue weighted by Gasteiger charge is 1.97. The third kappa shape index (κ3) is 5.95. The Balaban J connectivity index is 2.31. The van der Waals surface area contributed by atoms with Crippen LogP contribution in [0, 0.1) is 0 Å². The monoisotopic (exact) mass is 236 g/mol. The van der Waals surface area contributed by atoms with Crippen molar-refractivity contribution in [2.75, 3.05) is 13.2 Å². The first-order chi connectivity index (χ1) is 8.22. The van der Waals surface area contributed by atoms with E-state index in [9.17, 15) is 4.79 Å². The van der Waals surface area contributed by atoms with E-state index >= 15 is 0 Å². The van der Waals surface area contributed by atoms with Gasteiger partial charge in [0.05, 0.1) is 13.2 Å². The molecule has 3 nitrogen and oxygen atoms in total. The summed E-state index contributed by atoms with van der Waals surface area (Å²) in [6.07, 6.45) is 2.96. The molecule has 3 heteroatoms. The van der Waals surface area contributed by atoms with Crippen LogP contribution >= 0.6 is 0 Å². The lowest BCUT2D eigenvalue weighted by molar-refractivity contribution is -0.140. The van der Waals surface area contributed by atoms with E-state index in [2.05, 4.69) is 6.92 Å². The van der Waals surface area contributed by atoms with Gasteiger partial charge >= 0.3 is 5.97 Å². The van der Waals surface area contributed by atoms with Gasteiger partial charge in [0.2, 0.25) is 0 Å². The summed E-state index contributed by atoms with van der Waals surface area (Å²) in [6.45, 7) is 4.76. The minimum atomic E-state index is -0.232. The van der Waals surface area contributed by atoms with Gasteiger partial charge in [0.15, 0.2) is 0 Å². The molecule has 0 N–H and O–H groups in total. The quantitative estimate of drug-likeness (QED) is 0.539. The van der Waals surface area contributed by atoms with Gasteiger partial charge in [-0.2, -0.15) is 0 Å². The molecule has 1 aromatic rings. The largest absolute Gasteiger partial charge is 0.494 e. The second-order valence-corrected chi connectivity index (χ2v) is 3.94. The van der Waals surface area contributed by atoms with Gasteiger partial charge in [-0.1, -0.05) is 25.5 Å². The molecule has 0 saturated carbocycles. The van der Waals surface area contributed by atoms with Gasteiger partial charge in [-0.3, -0.25) is 4.79 Å². The molecule has 0 aliphatic carbocycles. The van der Waals surface area contributed by atoms with Crippen molar-refractivity contribution < 1.29 is 14.3 Å². The highest BCUT2D eigenvalue weighted by Crippen LogP contribution is 2.13. The number of esters is 1. The molecule has 17 heavy (non-hydrogen) atoms. The van der Waals surface area contributed by atoms with Crippen LogP contribution in [0.2, 0.25) is 0 Å². The van der Waals surface area contributed by atoms with Crippen molar-refractivity contribution in [3.63, 3.8) is 0 Å². The van der Waals surface area contributed by atoms with Gasteiger partial charge in [-0.05, 0) is 24.1 Å². The topological polar surface area (TPSA) is 35.5 Å². The molecule has 0 spiro atoms. The summed E-state index contributed by atoms with van der Waals surface area (Å²) >= 11 is 0. The molecule has 94 valence electrons. The minimum absolute atomic E-state index is 0.232. The first kappa shape index (κ1) is 13.6. The van der Waals surface area contributed by atoms with E-state index in [1.807, 2.05) is 24.3 Å². The fraction of sp³-hybridized carbons (Fsp3) is 0.500. The fourth-order valence-corrected chi connectivity index (χ4v) is 1.40. The first-order valence-electron chi connectivity index (χ1n) is 6.07. The molecule has 0 atom stereocenters.